The van der Waals surface area contributed by atoms with Gasteiger partial charge in [0.05, 0.1) is 24.5 Å². The van der Waals surface area contributed by atoms with E-state index < -0.39 is 5.67 Å². The van der Waals surface area contributed by atoms with Crippen LogP contribution in [0.4, 0.5) is 10.1 Å². The zero-order valence-electron chi connectivity index (χ0n) is 15.9. The lowest BCUT2D eigenvalue weighted by molar-refractivity contribution is -0.0627. The predicted octanol–water partition coefficient (Wildman–Crippen LogP) is 4.27. The number of nitrogens with zero attached hydrogens (tertiary/aromatic N) is 3. The molecule has 0 aliphatic carbocycles. The zero-order chi connectivity index (χ0) is 19.1. The average molecular weight is 379 g/mol. The summed E-state index contributed by atoms with van der Waals surface area (Å²) < 4.78 is 15.2. The maximum Gasteiger partial charge on any atom is 0.266 e. The fraction of sp³-hybridized carbons (Fsp3) is 0.632. The number of likely N-dealkylation sites (tertiary alicyclic amines) is 1. The number of carbonyl (C=O) groups is 1. The third-order valence-electron chi connectivity index (χ3n) is 5.53. The number of amides is 1. The summed E-state index contributed by atoms with van der Waals surface area (Å²) in [5.74, 6) is -0.167. The van der Waals surface area contributed by atoms with Gasteiger partial charge in [-0.2, -0.15) is 5.10 Å². The SMILES string of the molecule is CCCC(CCC)C1(F)CN(C(=O)c2sc3nnc(C)c(C)c3c2N)C1. The first kappa shape index (κ1) is 19.0. The second-order valence-corrected chi connectivity index (χ2v) is 8.40. The van der Waals surface area contributed by atoms with Crippen LogP contribution < -0.4 is 5.73 Å². The van der Waals surface area contributed by atoms with Gasteiger partial charge in [0.1, 0.15) is 15.4 Å². The molecule has 5 nitrogen and oxygen atoms in total. The van der Waals surface area contributed by atoms with Crippen molar-refractivity contribution in [3.8, 4) is 0 Å². The van der Waals surface area contributed by atoms with Crippen molar-refractivity contribution in [1.82, 2.24) is 15.1 Å². The third kappa shape index (κ3) is 3.06. The van der Waals surface area contributed by atoms with E-state index in [0.717, 1.165) is 42.3 Å². The lowest BCUT2D eigenvalue weighted by atomic mass is 9.77. The van der Waals surface area contributed by atoms with Crippen LogP contribution in [0, 0.1) is 19.8 Å². The summed E-state index contributed by atoms with van der Waals surface area (Å²) in [6.07, 6.45) is 3.66. The second kappa shape index (κ2) is 7.10. The predicted molar refractivity (Wildman–Crippen MR) is 104 cm³/mol. The van der Waals surface area contributed by atoms with Crippen molar-refractivity contribution in [2.45, 2.75) is 59.0 Å². The number of rotatable bonds is 6. The van der Waals surface area contributed by atoms with E-state index in [4.69, 9.17) is 5.73 Å². The van der Waals surface area contributed by atoms with Crippen LogP contribution in [0.3, 0.4) is 0 Å². The number of anilines is 1. The molecule has 0 spiro atoms. The topological polar surface area (TPSA) is 72.1 Å². The van der Waals surface area contributed by atoms with E-state index in [1.54, 1.807) is 4.90 Å². The van der Waals surface area contributed by atoms with Crippen LogP contribution in [0.5, 0.6) is 0 Å². The van der Waals surface area contributed by atoms with Gasteiger partial charge in [-0.05, 0) is 38.2 Å². The molecule has 0 aromatic carbocycles. The molecule has 2 N–H and O–H groups in total. The van der Waals surface area contributed by atoms with Gasteiger partial charge in [-0.3, -0.25) is 4.79 Å². The van der Waals surface area contributed by atoms with Crippen LogP contribution in [0.15, 0.2) is 0 Å². The van der Waals surface area contributed by atoms with Crippen LogP contribution in [0.2, 0.25) is 0 Å². The molecule has 1 amide bonds. The van der Waals surface area contributed by atoms with Gasteiger partial charge in [0.15, 0.2) is 0 Å². The molecule has 7 heteroatoms. The zero-order valence-corrected chi connectivity index (χ0v) is 16.7. The first-order valence-corrected chi connectivity index (χ1v) is 10.1. The van der Waals surface area contributed by atoms with E-state index in [1.165, 1.54) is 11.3 Å². The number of hydrogen-bond acceptors (Lipinski definition) is 5. The minimum absolute atomic E-state index is 0.0251. The first-order chi connectivity index (χ1) is 12.3. The average Bonchev–Trinajstić information content (AvgIpc) is 2.92. The molecule has 3 heterocycles. The van der Waals surface area contributed by atoms with Crippen molar-refractivity contribution in [2.75, 3.05) is 18.8 Å². The van der Waals surface area contributed by atoms with Gasteiger partial charge in [0.2, 0.25) is 0 Å². The van der Waals surface area contributed by atoms with E-state index in [9.17, 15) is 4.79 Å². The highest BCUT2D eigenvalue weighted by Crippen LogP contribution is 2.41. The van der Waals surface area contributed by atoms with E-state index in [2.05, 4.69) is 24.0 Å². The Kier molecular flexibility index (Phi) is 5.19. The van der Waals surface area contributed by atoms with Crippen molar-refractivity contribution in [3.63, 3.8) is 0 Å². The molecule has 0 radical (unpaired) electrons. The van der Waals surface area contributed by atoms with E-state index in [1.807, 2.05) is 13.8 Å². The lowest BCUT2D eigenvalue weighted by Crippen LogP contribution is -2.64. The van der Waals surface area contributed by atoms with Crippen molar-refractivity contribution in [3.05, 3.63) is 16.1 Å². The minimum atomic E-state index is -1.26. The van der Waals surface area contributed by atoms with Crippen LogP contribution in [-0.4, -0.2) is 39.8 Å². The fourth-order valence-corrected chi connectivity index (χ4v) is 4.96. The van der Waals surface area contributed by atoms with Gasteiger partial charge in [-0.1, -0.05) is 26.7 Å². The van der Waals surface area contributed by atoms with Crippen LogP contribution in [-0.2, 0) is 0 Å². The van der Waals surface area contributed by atoms with Gasteiger partial charge in [0, 0.05) is 5.39 Å². The highest BCUT2D eigenvalue weighted by atomic mass is 32.1. The molecule has 3 rings (SSSR count). The highest BCUT2D eigenvalue weighted by molar-refractivity contribution is 7.21. The van der Waals surface area contributed by atoms with Crippen LogP contribution >= 0.6 is 11.3 Å². The van der Waals surface area contributed by atoms with Crippen molar-refractivity contribution < 1.29 is 9.18 Å². The Balaban J connectivity index is 1.81. The largest absolute Gasteiger partial charge is 0.397 e. The summed E-state index contributed by atoms with van der Waals surface area (Å²) in [5.41, 5.74) is 7.17. The number of nitrogens with two attached hydrogens (primary N) is 1. The second-order valence-electron chi connectivity index (χ2n) is 7.41. The number of halogens is 1. The van der Waals surface area contributed by atoms with Crippen molar-refractivity contribution >= 4 is 33.1 Å². The van der Waals surface area contributed by atoms with E-state index in [-0.39, 0.29) is 24.9 Å². The standard InChI is InChI=1S/C19H27FN4OS/c1-5-7-13(8-6-2)19(20)9-24(10-19)18(25)16-15(21)14-11(3)12(4)22-23-17(14)26-16/h13H,5-10,21H2,1-4H3. The molecule has 1 aliphatic rings. The Morgan fingerprint density at radius 3 is 2.46 bits per heavy atom. The monoisotopic (exact) mass is 378 g/mol. The maximum absolute atomic E-state index is 15.2. The Morgan fingerprint density at radius 1 is 1.27 bits per heavy atom. The maximum atomic E-state index is 15.2. The molecule has 1 saturated heterocycles. The number of aromatic nitrogens is 2. The molecule has 142 valence electrons. The number of thiophene rings is 1. The molecular formula is C19H27FN4OS. The number of fused-ring (bicyclic) bond motifs is 1. The molecule has 0 atom stereocenters. The lowest BCUT2D eigenvalue weighted by Gasteiger charge is -2.48. The summed E-state index contributed by atoms with van der Waals surface area (Å²) in [7, 11) is 0. The Bertz CT molecular complexity index is 823. The molecule has 2 aromatic heterocycles. The third-order valence-corrected chi connectivity index (χ3v) is 6.61. The normalized spacial score (nSPS) is 16.3. The van der Waals surface area contributed by atoms with Crippen LogP contribution in [0.1, 0.15) is 60.5 Å². The quantitative estimate of drug-likeness (QED) is 0.815. The molecular weight excluding hydrogens is 351 g/mol. The van der Waals surface area contributed by atoms with Crippen LogP contribution in [0.25, 0.3) is 10.2 Å². The summed E-state index contributed by atoms with van der Waals surface area (Å²) >= 11 is 1.25. The number of alkyl halides is 1. The molecule has 1 aliphatic heterocycles. The highest BCUT2D eigenvalue weighted by Gasteiger charge is 2.51. The van der Waals surface area contributed by atoms with Gasteiger partial charge in [-0.15, -0.1) is 16.4 Å². The van der Waals surface area contributed by atoms with Gasteiger partial charge >= 0.3 is 0 Å². The summed E-state index contributed by atoms with van der Waals surface area (Å²) in [6.45, 7) is 8.28. The molecule has 0 unspecified atom stereocenters. The summed E-state index contributed by atoms with van der Waals surface area (Å²) in [4.78, 5) is 15.6. The van der Waals surface area contributed by atoms with Crippen molar-refractivity contribution in [2.24, 2.45) is 5.92 Å². The van der Waals surface area contributed by atoms with E-state index >= 15 is 4.39 Å². The smallest absolute Gasteiger partial charge is 0.266 e. The number of hydrogen-bond donors (Lipinski definition) is 1. The molecule has 0 saturated carbocycles. The fourth-order valence-electron chi connectivity index (χ4n) is 3.89. The van der Waals surface area contributed by atoms with Crippen molar-refractivity contribution in [1.29, 1.82) is 0 Å². The van der Waals surface area contributed by atoms with Gasteiger partial charge < -0.3 is 10.6 Å². The number of carbonyl (C=O) groups excluding carboxylic acids is 1. The molecule has 0 bridgehead atoms. The Labute approximate surface area is 157 Å². The number of aryl methyl sites for hydroxylation is 2. The Hall–Kier alpha value is -1.76. The van der Waals surface area contributed by atoms with Gasteiger partial charge in [-0.25, -0.2) is 4.39 Å². The number of nitrogen functional groups attached to an aromatic ring is 1. The molecule has 1 fully saturated rings. The Morgan fingerprint density at radius 2 is 1.88 bits per heavy atom. The first-order valence-electron chi connectivity index (χ1n) is 9.32. The summed E-state index contributed by atoms with van der Waals surface area (Å²) in [5, 5.41) is 9.06. The summed E-state index contributed by atoms with van der Waals surface area (Å²) in [6, 6.07) is 0. The molecule has 2 aromatic rings. The minimum Gasteiger partial charge on any atom is -0.397 e. The van der Waals surface area contributed by atoms with Gasteiger partial charge in [0.25, 0.3) is 5.91 Å². The molecule has 26 heavy (non-hydrogen) atoms. The van der Waals surface area contributed by atoms with E-state index in [0.29, 0.717) is 15.4 Å².